The molecule has 0 bridgehead atoms. The van der Waals surface area contributed by atoms with Gasteiger partial charge in [-0.05, 0) is 45.6 Å². The van der Waals surface area contributed by atoms with E-state index in [9.17, 15) is 4.79 Å². The molecule has 0 heterocycles. The molecule has 0 rings (SSSR count). The molecule has 0 saturated heterocycles. The van der Waals surface area contributed by atoms with Crippen LogP contribution in [0.4, 0.5) is 4.79 Å². The molecular formula is C12H26N2O2. The second-order valence-electron chi connectivity index (χ2n) is 5.27. The summed E-state index contributed by atoms with van der Waals surface area (Å²) in [4.78, 5) is 11.5. The van der Waals surface area contributed by atoms with Crippen molar-refractivity contribution in [3.05, 3.63) is 0 Å². The molecule has 0 spiro atoms. The summed E-state index contributed by atoms with van der Waals surface area (Å²) in [6, 6.07) is 0. The Balaban J connectivity index is 4.17. The van der Waals surface area contributed by atoms with Crippen molar-refractivity contribution < 1.29 is 9.53 Å². The van der Waals surface area contributed by atoms with Crippen molar-refractivity contribution in [1.29, 1.82) is 0 Å². The van der Waals surface area contributed by atoms with Gasteiger partial charge < -0.3 is 15.8 Å². The van der Waals surface area contributed by atoms with Crippen molar-refractivity contribution in [2.75, 3.05) is 13.1 Å². The maximum Gasteiger partial charge on any atom is 0.407 e. The molecule has 0 aromatic rings. The number of hydrogen-bond acceptors (Lipinski definition) is 3. The molecule has 0 aliphatic carbocycles. The van der Waals surface area contributed by atoms with Crippen LogP contribution >= 0.6 is 0 Å². The fourth-order valence-electron chi connectivity index (χ4n) is 1.43. The zero-order valence-electron chi connectivity index (χ0n) is 11.2. The van der Waals surface area contributed by atoms with E-state index in [1.165, 1.54) is 0 Å². The maximum absolute atomic E-state index is 11.5. The summed E-state index contributed by atoms with van der Waals surface area (Å²) in [5, 5.41) is 2.79. The molecule has 0 unspecified atom stereocenters. The van der Waals surface area contributed by atoms with Gasteiger partial charge in [-0.15, -0.1) is 0 Å². The normalized spacial score (nSPS) is 12.4. The smallest absolute Gasteiger partial charge is 0.407 e. The summed E-state index contributed by atoms with van der Waals surface area (Å²) >= 11 is 0. The molecule has 0 aromatic carbocycles. The molecule has 0 aromatic heterocycles. The van der Waals surface area contributed by atoms with Crippen molar-refractivity contribution in [2.45, 2.75) is 53.1 Å². The monoisotopic (exact) mass is 230 g/mol. The van der Waals surface area contributed by atoms with Gasteiger partial charge in [-0.25, -0.2) is 4.79 Å². The van der Waals surface area contributed by atoms with Gasteiger partial charge in [-0.3, -0.25) is 0 Å². The Morgan fingerprint density at radius 2 is 1.75 bits per heavy atom. The third-order valence-corrected chi connectivity index (χ3v) is 2.94. The summed E-state index contributed by atoms with van der Waals surface area (Å²) in [6.07, 6.45) is 1.54. The fourth-order valence-corrected chi connectivity index (χ4v) is 1.43. The van der Waals surface area contributed by atoms with Crippen molar-refractivity contribution in [2.24, 2.45) is 11.1 Å². The van der Waals surface area contributed by atoms with E-state index in [0.29, 0.717) is 13.1 Å². The predicted octanol–water partition coefficient (Wildman–Crippen LogP) is 2.28. The standard InChI is InChI=1S/C12H26N2O2/c1-6-12(7-2,8-13)9-14-10(15)16-11(3,4)5/h6-9,13H2,1-5H3,(H,14,15). The lowest BCUT2D eigenvalue weighted by Gasteiger charge is -2.30. The number of rotatable bonds is 5. The highest BCUT2D eigenvalue weighted by Gasteiger charge is 2.26. The van der Waals surface area contributed by atoms with Gasteiger partial charge in [0.15, 0.2) is 0 Å². The van der Waals surface area contributed by atoms with E-state index in [1.807, 2.05) is 20.8 Å². The van der Waals surface area contributed by atoms with Gasteiger partial charge in [0.1, 0.15) is 5.60 Å². The minimum absolute atomic E-state index is 0.00307. The first kappa shape index (κ1) is 15.2. The first-order chi connectivity index (χ1) is 7.28. The number of carbonyl (C=O) groups is 1. The lowest BCUT2D eigenvalue weighted by molar-refractivity contribution is 0.0498. The quantitative estimate of drug-likeness (QED) is 0.761. The molecule has 16 heavy (non-hydrogen) atoms. The van der Waals surface area contributed by atoms with Gasteiger partial charge in [0.25, 0.3) is 0 Å². The first-order valence-corrected chi connectivity index (χ1v) is 5.95. The van der Waals surface area contributed by atoms with Crippen LogP contribution in [-0.4, -0.2) is 24.8 Å². The van der Waals surface area contributed by atoms with Crippen molar-refractivity contribution in [3.63, 3.8) is 0 Å². The molecule has 0 radical (unpaired) electrons. The number of nitrogens with two attached hydrogens (primary N) is 1. The number of amides is 1. The second kappa shape index (κ2) is 6.09. The molecule has 0 fully saturated rings. The third kappa shape index (κ3) is 5.35. The van der Waals surface area contributed by atoms with E-state index in [1.54, 1.807) is 0 Å². The minimum Gasteiger partial charge on any atom is -0.444 e. The van der Waals surface area contributed by atoms with E-state index >= 15 is 0 Å². The van der Waals surface area contributed by atoms with Gasteiger partial charge in [0.05, 0.1) is 0 Å². The van der Waals surface area contributed by atoms with Gasteiger partial charge in [-0.1, -0.05) is 13.8 Å². The highest BCUT2D eigenvalue weighted by Crippen LogP contribution is 2.23. The molecule has 0 aliphatic rings. The maximum atomic E-state index is 11.5. The van der Waals surface area contributed by atoms with Gasteiger partial charge in [0, 0.05) is 6.54 Å². The highest BCUT2D eigenvalue weighted by atomic mass is 16.6. The average molecular weight is 230 g/mol. The van der Waals surface area contributed by atoms with E-state index in [4.69, 9.17) is 10.5 Å². The number of nitrogens with one attached hydrogen (secondary N) is 1. The van der Waals surface area contributed by atoms with Crippen LogP contribution in [0.3, 0.4) is 0 Å². The molecule has 4 heteroatoms. The van der Waals surface area contributed by atoms with Crippen LogP contribution in [0, 0.1) is 5.41 Å². The van der Waals surface area contributed by atoms with Crippen LogP contribution in [-0.2, 0) is 4.74 Å². The lowest BCUT2D eigenvalue weighted by Crippen LogP contribution is -2.43. The molecular weight excluding hydrogens is 204 g/mol. The van der Waals surface area contributed by atoms with Crippen LogP contribution in [0.15, 0.2) is 0 Å². The summed E-state index contributed by atoms with van der Waals surface area (Å²) in [5.41, 5.74) is 5.30. The van der Waals surface area contributed by atoms with Crippen LogP contribution in [0.2, 0.25) is 0 Å². The van der Waals surface area contributed by atoms with Crippen LogP contribution < -0.4 is 11.1 Å². The molecule has 4 nitrogen and oxygen atoms in total. The SMILES string of the molecule is CCC(CC)(CN)CNC(=O)OC(C)(C)C. The topological polar surface area (TPSA) is 64.3 Å². The Kier molecular flexibility index (Phi) is 5.79. The van der Waals surface area contributed by atoms with E-state index in [0.717, 1.165) is 12.8 Å². The summed E-state index contributed by atoms with van der Waals surface area (Å²) < 4.78 is 5.18. The number of ether oxygens (including phenoxy) is 1. The molecule has 3 N–H and O–H groups in total. The van der Waals surface area contributed by atoms with Gasteiger partial charge >= 0.3 is 6.09 Å². The second-order valence-corrected chi connectivity index (χ2v) is 5.27. The number of carbonyl (C=O) groups excluding carboxylic acids is 1. The Bertz CT molecular complexity index is 209. The Morgan fingerprint density at radius 1 is 1.25 bits per heavy atom. The van der Waals surface area contributed by atoms with Crippen molar-refractivity contribution in [1.82, 2.24) is 5.32 Å². The molecule has 1 amide bonds. The summed E-state index contributed by atoms with van der Waals surface area (Å²) in [6.45, 7) is 10.9. The van der Waals surface area contributed by atoms with Crippen LogP contribution in [0.1, 0.15) is 47.5 Å². The van der Waals surface area contributed by atoms with Crippen LogP contribution in [0.5, 0.6) is 0 Å². The number of hydrogen-bond donors (Lipinski definition) is 2. The van der Waals surface area contributed by atoms with Crippen molar-refractivity contribution in [3.8, 4) is 0 Å². The first-order valence-electron chi connectivity index (χ1n) is 5.95. The number of alkyl carbamates (subject to hydrolysis) is 1. The molecule has 96 valence electrons. The zero-order chi connectivity index (χ0) is 12.8. The fraction of sp³-hybridized carbons (Fsp3) is 0.917. The largest absolute Gasteiger partial charge is 0.444 e. The lowest BCUT2D eigenvalue weighted by atomic mass is 9.82. The molecule has 0 saturated carbocycles. The van der Waals surface area contributed by atoms with E-state index < -0.39 is 5.60 Å². The Morgan fingerprint density at radius 3 is 2.06 bits per heavy atom. The average Bonchev–Trinajstić information content (AvgIpc) is 2.18. The van der Waals surface area contributed by atoms with Gasteiger partial charge in [0.2, 0.25) is 0 Å². The highest BCUT2D eigenvalue weighted by molar-refractivity contribution is 5.67. The summed E-state index contributed by atoms with van der Waals surface area (Å²) in [7, 11) is 0. The minimum atomic E-state index is -0.451. The predicted molar refractivity (Wildman–Crippen MR) is 66.3 cm³/mol. The van der Waals surface area contributed by atoms with Gasteiger partial charge in [-0.2, -0.15) is 0 Å². The zero-order valence-corrected chi connectivity index (χ0v) is 11.2. The summed E-state index contributed by atoms with van der Waals surface area (Å²) in [5.74, 6) is 0. The Hall–Kier alpha value is -0.770. The molecule has 0 atom stereocenters. The van der Waals surface area contributed by atoms with E-state index in [2.05, 4.69) is 19.2 Å². The van der Waals surface area contributed by atoms with E-state index in [-0.39, 0.29) is 11.5 Å². The molecule has 0 aliphatic heterocycles. The Labute approximate surface area is 98.9 Å². The van der Waals surface area contributed by atoms with Crippen molar-refractivity contribution >= 4 is 6.09 Å². The van der Waals surface area contributed by atoms with Crippen LogP contribution in [0.25, 0.3) is 0 Å². The third-order valence-electron chi connectivity index (χ3n) is 2.94.